The maximum absolute atomic E-state index is 13.2. The second-order valence-corrected chi connectivity index (χ2v) is 2.86. The molecule has 0 spiro atoms. The number of aryl methyl sites for hydroxylation is 1. The summed E-state index contributed by atoms with van der Waals surface area (Å²) < 4.78 is 13.2. The van der Waals surface area contributed by atoms with Crippen LogP contribution >= 0.6 is 0 Å². The molecule has 0 atom stereocenters. The van der Waals surface area contributed by atoms with Crippen molar-refractivity contribution < 1.29 is 4.39 Å². The third-order valence-corrected chi connectivity index (χ3v) is 1.87. The Morgan fingerprint density at radius 3 is 2.69 bits per heavy atom. The van der Waals surface area contributed by atoms with Gasteiger partial charge in [-0.2, -0.15) is 0 Å². The number of benzene rings is 1. The fourth-order valence-corrected chi connectivity index (χ4v) is 1.24. The molecule has 0 aliphatic heterocycles. The normalized spacial score (nSPS) is 10.3. The molecule has 0 radical (unpaired) electrons. The first kappa shape index (κ1) is 7.98. The van der Waals surface area contributed by atoms with Crippen molar-refractivity contribution in [2.45, 2.75) is 6.92 Å². The summed E-state index contributed by atoms with van der Waals surface area (Å²) in [4.78, 5) is 6.99. The third-order valence-electron chi connectivity index (χ3n) is 1.87. The van der Waals surface area contributed by atoms with Crippen molar-refractivity contribution in [3.63, 3.8) is 0 Å². The number of H-pyrrole nitrogens is 1. The number of aromatic amines is 1. The van der Waals surface area contributed by atoms with E-state index < -0.39 is 0 Å². The van der Waals surface area contributed by atoms with Crippen LogP contribution in [0.2, 0.25) is 0 Å². The van der Waals surface area contributed by atoms with E-state index in [9.17, 15) is 4.39 Å². The van der Waals surface area contributed by atoms with Gasteiger partial charge in [0.05, 0.1) is 11.9 Å². The van der Waals surface area contributed by atoms with E-state index >= 15 is 0 Å². The number of nitrogens with zero attached hydrogens (tertiary/aromatic N) is 1. The maximum Gasteiger partial charge on any atom is 0.132 e. The molecule has 1 aromatic carbocycles. The van der Waals surface area contributed by atoms with Gasteiger partial charge in [0.2, 0.25) is 0 Å². The highest BCUT2D eigenvalue weighted by atomic mass is 19.1. The fourth-order valence-electron chi connectivity index (χ4n) is 1.24. The van der Waals surface area contributed by atoms with Crippen molar-refractivity contribution >= 4 is 0 Å². The molecular weight excluding hydrogens is 167 g/mol. The van der Waals surface area contributed by atoms with Crippen molar-refractivity contribution in [2.24, 2.45) is 0 Å². The molecule has 0 fully saturated rings. The molecule has 3 heteroatoms. The van der Waals surface area contributed by atoms with Crippen LogP contribution in [0.25, 0.3) is 11.3 Å². The van der Waals surface area contributed by atoms with Crippen molar-refractivity contribution in [3.8, 4) is 11.3 Å². The lowest BCUT2D eigenvalue weighted by Crippen LogP contribution is -1.83. The smallest absolute Gasteiger partial charge is 0.132 e. The number of hydrogen-bond acceptors (Lipinski definition) is 1. The number of nitrogens with one attached hydrogen (secondary N) is 1. The predicted molar refractivity (Wildman–Crippen MR) is 48.7 cm³/mol. The van der Waals surface area contributed by atoms with Crippen LogP contribution in [0.3, 0.4) is 0 Å². The summed E-state index contributed by atoms with van der Waals surface area (Å²) in [6, 6.07) is 6.63. The average Bonchev–Trinajstić information content (AvgIpc) is 2.53. The van der Waals surface area contributed by atoms with E-state index in [1.165, 1.54) is 6.07 Å². The van der Waals surface area contributed by atoms with Gasteiger partial charge < -0.3 is 4.98 Å². The standard InChI is InChI=1S/C10H9FN2/c1-7-12-6-10(13-7)8-4-2-3-5-9(8)11/h2-6H,1H3,(H,12,13). The summed E-state index contributed by atoms with van der Waals surface area (Å²) in [6.45, 7) is 1.84. The monoisotopic (exact) mass is 176 g/mol. The zero-order chi connectivity index (χ0) is 9.26. The molecule has 0 amide bonds. The van der Waals surface area contributed by atoms with Gasteiger partial charge in [-0.25, -0.2) is 9.37 Å². The van der Waals surface area contributed by atoms with E-state index in [1.54, 1.807) is 24.4 Å². The van der Waals surface area contributed by atoms with Gasteiger partial charge in [0.15, 0.2) is 0 Å². The summed E-state index contributed by atoms with van der Waals surface area (Å²) in [5.74, 6) is 0.560. The minimum absolute atomic E-state index is 0.230. The van der Waals surface area contributed by atoms with Gasteiger partial charge in [0.1, 0.15) is 11.6 Å². The van der Waals surface area contributed by atoms with E-state index in [2.05, 4.69) is 9.97 Å². The number of aromatic nitrogens is 2. The summed E-state index contributed by atoms with van der Waals surface area (Å²) in [7, 11) is 0. The lowest BCUT2D eigenvalue weighted by molar-refractivity contribution is 0.631. The average molecular weight is 176 g/mol. The van der Waals surface area contributed by atoms with Crippen LogP contribution in [-0.2, 0) is 0 Å². The van der Waals surface area contributed by atoms with Crippen LogP contribution in [0.5, 0.6) is 0 Å². The molecule has 1 aromatic heterocycles. The Balaban J connectivity index is 2.52. The maximum atomic E-state index is 13.2. The summed E-state index contributed by atoms with van der Waals surface area (Å²) in [6.07, 6.45) is 1.63. The Bertz CT molecular complexity index is 420. The first-order valence-corrected chi connectivity index (χ1v) is 4.04. The summed E-state index contributed by atoms with van der Waals surface area (Å²) in [5.41, 5.74) is 1.28. The lowest BCUT2D eigenvalue weighted by Gasteiger charge is -1.97. The van der Waals surface area contributed by atoms with Crippen molar-refractivity contribution in [1.82, 2.24) is 9.97 Å². The Morgan fingerprint density at radius 1 is 1.31 bits per heavy atom. The van der Waals surface area contributed by atoms with Gasteiger partial charge in [-0.1, -0.05) is 12.1 Å². The van der Waals surface area contributed by atoms with Crippen LogP contribution < -0.4 is 0 Å². The molecule has 0 bridgehead atoms. The molecule has 1 heterocycles. The molecule has 0 aliphatic rings. The van der Waals surface area contributed by atoms with Gasteiger partial charge in [0, 0.05) is 5.56 Å². The van der Waals surface area contributed by atoms with E-state index in [4.69, 9.17) is 0 Å². The molecule has 0 aliphatic carbocycles. The summed E-state index contributed by atoms with van der Waals surface area (Å²) in [5, 5.41) is 0. The molecule has 0 unspecified atom stereocenters. The van der Waals surface area contributed by atoms with Gasteiger partial charge >= 0.3 is 0 Å². The molecule has 0 saturated heterocycles. The zero-order valence-electron chi connectivity index (χ0n) is 7.21. The lowest BCUT2D eigenvalue weighted by atomic mass is 10.1. The molecule has 2 nitrogen and oxygen atoms in total. The molecule has 1 N–H and O–H groups in total. The van der Waals surface area contributed by atoms with E-state index in [0.717, 1.165) is 11.5 Å². The van der Waals surface area contributed by atoms with Crippen molar-refractivity contribution in [3.05, 3.63) is 42.1 Å². The number of rotatable bonds is 1. The van der Waals surface area contributed by atoms with Crippen molar-refractivity contribution in [2.75, 3.05) is 0 Å². The Morgan fingerprint density at radius 2 is 2.08 bits per heavy atom. The first-order chi connectivity index (χ1) is 6.27. The minimum atomic E-state index is -0.230. The molecule has 2 rings (SSSR count). The molecular formula is C10H9FN2. The highest BCUT2D eigenvalue weighted by Crippen LogP contribution is 2.19. The number of hydrogen-bond donors (Lipinski definition) is 1. The molecule has 13 heavy (non-hydrogen) atoms. The minimum Gasteiger partial charge on any atom is -0.342 e. The highest BCUT2D eigenvalue weighted by Gasteiger charge is 2.04. The fraction of sp³-hybridized carbons (Fsp3) is 0.100. The van der Waals surface area contributed by atoms with Crippen LogP contribution in [-0.4, -0.2) is 9.97 Å². The Kier molecular flexibility index (Phi) is 1.85. The quantitative estimate of drug-likeness (QED) is 0.710. The number of imidazole rings is 1. The van der Waals surface area contributed by atoms with Gasteiger partial charge in [-0.05, 0) is 19.1 Å². The van der Waals surface area contributed by atoms with E-state index in [1.807, 2.05) is 6.92 Å². The van der Waals surface area contributed by atoms with Gasteiger partial charge in [0.25, 0.3) is 0 Å². The van der Waals surface area contributed by atoms with Crippen LogP contribution in [0, 0.1) is 12.7 Å². The molecule has 66 valence electrons. The van der Waals surface area contributed by atoms with Crippen molar-refractivity contribution in [1.29, 1.82) is 0 Å². The Hall–Kier alpha value is -1.64. The zero-order valence-corrected chi connectivity index (χ0v) is 7.21. The van der Waals surface area contributed by atoms with Gasteiger partial charge in [-0.15, -0.1) is 0 Å². The van der Waals surface area contributed by atoms with Crippen LogP contribution in [0.4, 0.5) is 4.39 Å². The van der Waals surface area contributed by atoms with Crippen LogP contribution in [0.1, 0.15) is 5.82 Å². The first-order valence-electron chi connectivity index (χ1n) is 4.04. The Labute approximate surface area is 75.4 Å². The number of halogens is 1. The third kappa shape index (κ3) is 1.45. The largest absolute Gasteiger partial charge is 0.342 e. The summed E-state index contributed by atoms with van der Waals surface area (Å²) >= 11 is 0. The highest BCUT2D eigenvalue weighted by molar-refractivity contribution is 5.58. The van der Waals surface area contributed by atoms with E-state index in [0.29, 0.717) is 5.56 Å². The predicted octanol–water partition coefficient (Wildman–Crippen LogP) is 2.52. The SMILES string of the molecule is Cc1ncc(-c2ccccc2F)[nH]1. The topological polar surface area (TPSA) is 28.7 Å². The van der Waals surface area contributed by atoms with Crippen LogP contribution in [0.15, 0.2) is 30.5 Å². The van der Waals surface area contributed by atoms with Gasteiger partial charge in [-0.3, -0.25) is 0 Å². The molecule has 2 aromatic rings. The second kappa shape index (κ2) is 3.01. The second-order valence-electron chi connectivity index (χ2n) is 2.86. The molecule has 0 saturated carbocycles. The van der Waals surface area contributed by atoms with E-state index in [-0.39, 0.29) is 5.82 Å².